The van der Waals surface area contributed by atoms with E-state index in [0.29, 0.717) is 11.3 Å². The van der Waals surface area contributed by atoms with E-state index in [1.54, 1.807) is 60.7 Å². The number of nitriles is 1. The van der Waals surface area contributed by atoms with Gasteiger partial charge in [0.05, 0.1) is 22.3 Å². The molecule has 0 aliphatic rings. The molecule has 164 valence electrons. The Balaban J connectivity index is 1.93. The lowest BCUT2D eigenvalue weighted by Gasteiger charge is -2.12. The van der Waals surface area contributed by atoms with Crippen molar-refractivity contribution in [3.8, 4) is 6.07 Å². The molecule has 0 fully saturated rings. The zero-order valence-electron chi connectivity index (χ0n) is 17.2. The lowest BCUT2D eigenvalue weighted by molar-refractivity contribution is -0.385. The van der Waals surface area contributed by atoms with Crippen molar-refractivity contribution < 1.29 is 14.5 Å². The molecule has 2 N–H and O–H groups in total. The van der Waals surface area contributed by atoms with Crippen LogP contribution in [0.15, 0.2) is 89.5 Å². The van der Waals surface area contributed by atoms with Gasteiger partial charge in [-0.05, 0) is 42.5 Å². The van der Waals surface area contributed by atoms with Crippen LogP contribution < -0.4 is 10.6 Å². The van der Waals surface area contributed by atoms with Crippen LogP contribution in [0.5, 0.6) is 0 Å². The van der Waals surface area contributed by atoms with Crippen molar-refractivity contribution in [3.63, 3.8) is 0 Å². The van der Waals surface area contributed by atoms with E-state index in [0.717, 1.165) is 4.90 Å². The molecular weight excluding hydrogens is 440 g/mol. The minimum atomic E-state index is -0.653. The molecule has 8 nitrogen and oxygen atoms in total. The summed E-state index contributed by atoms with van der Waals surface area (Å²) in [5.41, 5.74) is 0.582. The van der Waals surface area contributed by atoms with Gasteiger partial charge in [-0.25, -0.2) is 0 Å². The molecule has 0 heterocycles. The molecule has 0 spiro atoms. The Hall–Kier alpha value is -4.42. The predicted octanol–water partition coefficient (Wildman–Crippen LogP) is 4.62. The standard InChI is InChI=1S/C24H18N4O4S/c25-13-14-33-20-11-6-10-19(16-20)26-24(30)21(27-23(29)17-7-2-1-3-8-17)15-18-9-4-5-12-22(18)28(31)32/h1-12,15-16H,14H2,(H,26,30)(H,27,29)/b21-15+. The first kappa shape index (κ1) is 23.2. The van der Waals surface area contributed by atoms with Crippen molar-refractivity contribution in [3.05, 3.63) is 106 Å². The van der Waals surface area contributed by atoms with Gasteiger partial charge in [0.15, 0.2) is 0 Å². The molecular formula is C24H18N4O4S. The summed E-state index contributed by atoms with van der Waals surface area (Å²) in [6.07, 6.45) is 1.27. The van der Waals surface area contributed by atoms with E-state index in [-0.39, 0.29) is 22.7 Å². The van der Waals surface area contributed by atoms with E-state index >= 15 is 0 Å². The third-order valence-corrected chi connectivity index (χ3v) is 5.22. The van der Waals surface area contributed by atoms with Gasteiger partial charge >= 0.3 is 0 Å². The summed E-state index contributed by atoms with van der Waals surface area (Å²) < 4.78 is 0. The van der Waals surface area contributed by atoms with Crippen LogP contribution in [0.3, 0.4) is 0 Å². The van der Waals surface area contributed by atoms with Crippen LogP contribution in [0, 0.1) is 21.4 Å². The number of nitrogens with one attached hydrogen (secondary N) is 2. The number of carbonyl (C=O) groups excluding carboxylic acids is 2. The lowest BCUT2D eigenvalue weighted by Crippen LogP contribution is -2.30. The maximum absolute atomic E-state index is 13.1. The van der Waals surface area contributed by atoms with Crippen LogP contribution in [0.25, 0.3) is 6.08 Å². The number of hydrogen-bond donors (Lipinski definition) is 2. The third-order valence-electron chi connectivity index (χ3n) is 4.36. The molecule has 3 aromatic rings. The molecule has 33 heavy (non-hydrogen) atoms. The van der Waals surface area contributed by atoms with E-state index in [4.69, 9.17) is 5.26 Å². The SMILES string of the molecule is N#CCSc1cccc(NC(=O)/C(=C\c2ccccc2[N+](=O)[O-])NC(=O)c2ccccc2)c1. The Bertz CT molecular complexity index is 1250. The van der Waals surface area contributed by atoms with Gasteiger partial charge in [-0.2, -0.15) is 5.26 Å². The van der Waals surface area contributed by atoms with E-state index in [1.807, 2.05) is 6.07 Å². The fourth-order valence-corrected chi connectivity index (χ4v) is 3.47. The molecule has 0 aliphatic heterocycles. The van der Waals surface area contributed by atoms with E-state index < -0.39 is 16.7 Å². The molecule has 2 amide bonds. The molecule has 9 heteroatoms. The molecule has 0 bridgehead atoms. The van der Waals surface area contributed by atoms with Crippen LogP contribution >= 0.6 is 11.8 Å². The van der Waals surface area contributed by atoms with Gasteiger partial charge in [0.1, 0.15) is 5.70 Å². The normalized spacial score (nSPS) is 10.7. The maximum Gasteiger partial charge on any atom is 0.276 e. The van der Waals surface area contributed by atoms with Crippen molar-refractivity contribution in [2.75, 3.05) is 11.1 Å². The van der Waals surface area contributed by atoms with Gasteiger partial charge in [-0.3, -0.25) is 19.7 Å². The van der Waals surface area contributed by atoms with Crippen LogP contribution in [0.4, 0.5) is 11.4 Å². The molecule has 0 aliphatic carbocycles. The number of benzene rings is 3. The first-order valence-corrected chi connectivity index (χ1v) is 10.7. The Morgan fingerprint density at radius 2 is 1.76 bits per heavy atom. The molecule has 0 saturated carbocycles. The second kappa shape index (κ2) is 11.3. The number of nitro benzene ring substituents is 1. The second-order valence-corrected chi connectivity index (χ2v) is 7.67. The van der Waals surface area contributed by atoms with E-state index in [9.17, 15) is 19.7 Å². The highest BCUT2D eigenvalue weighted by molar-refractivity contribution is 7.99. The smallest absolute Gasteiger partial charge is 0.276 e. The monoisotopic (exact) mass is 458 g/mol. The second-order valence-electron chi connectivity index (χ2n) is 6.62. The van der Waals surface area contributed by atoms with Crippen molar-refractivity contribution in [2.45, 2.75) is 4.90 Å². The molecule has 0 unspecified atom stereocenters. The average Bonchev–Trinajstić information content (AvgIpc) is 2.83. The highest BCUT2D eigenvalue weighted by atomic mass is 32.2. The predicted molar refractivity (Wildman–Crippen MR) is 126 cm³/mol. The summed E-state index contributed by atoms with van der Waals surface area (Å²) in [4.78, 5) is 37.4. The van der Waals surface area contributed by atoms with Crippen molar-refractivity contribution in [1.29, 1.82) is 5.26 Å². The number of carbonyl (C=O) groups is 2. The highest BCUT2D eigenvalue weighted by Crippen LogP contribution is 2.23. The Morgan fingerprint density at radius 3 is 2.48 bits per heavy atom. The fourth-order valence-electron chi connectivity index (χ4n) is 2.85. The minimum absolute atomic E-state index is 0.159. The molecule has 3 rings (SSSR count). The van der Waals surface area contributed by atoms with Gasteiger partial charge in [-0.15, -0.1) is 11.8 Å². The largest absolute Gasteiger partial charge is 0.321 e. The molecule has 0 radical (unpaired) electrons. The number of hydrogen-bond acceptors (Lipinski definition) is 6. The fraction of sp³-hybridized carbons (Fsp3) is 0.0417. The van der Waals surface area contributed by atoms with Crippen molar-refractivity contribution in [2.24, 2.45) is 0 Å². The van der Waals surface area contributed by atoms with Gasteiger partial charge < -0.3 is 10.6 Å². The quantitative estimate of drug-likeness (QED) is 0.220. The number of para-hydroxylation sites is 1. The summed E-state index contributed by atoms with van der Waals surface area (Å²) in [6, 6.07) is 23.1. The summed E-state index contributed by atoms with van der Waals surface area (Å²) in [6.45, 7) is 0. The zero-order valence-corrected chi connectivity index (χ0v) is 18.0. The van der Waals surface area contributed by atoms with Gasteiger partial charge in [0.2, 0.25) is 0 Å². The zero-order chi connectivity index (χ0) is 23.6. The number of nitrogens with zero attached hydrogens (tertiary/aromatic N) is 2. The molecule has 0 aromatic heterocycles. The van der Waals surface area contributed by atoms with Crippen molar-refractivity contribution in [1.82, 2.24) is 5.32 Å². The average molecular weight is 458 g/mol. The molecule has 0 atom stereocenters. The molecule has 3 aromatic carbocycles. The van der Waals surface area contributed by atoms with Gasteiger partial charge in [0.25, 0.3) is 17.5 Å². The van der Waals surface area contributed by atoms with E-state index in [1.165, 1.54) is 36.0 Å². The van der Waals surface area contributed by atoms with Gasteiger partial charge in [-0.1, -0.05) is 36.4 Å². The first-order chi connectivity index (χ1) is 16.0. The highest BCUT2D eigenvalue weighted by Gasteiger charge is 2.18. The summed E-state index contributed by atoms with van der Waals surface area (Å²) in [7, 11) is 0. The van der Waals surface area contributed by atoms with Gasteiger partial charge in [0, 0.05) is 22.2 Å². The third kappa shape index (κ3) is 6.53. The van der Waals surface area contributed by atoms with Crippen LogP contribution in [-0.2, 0) is 4.79 Å². The van der Waals surface area contributed by atoms with Crippen LogP contribution in [0.2, 0.25) is 0 Å². The molecule has 0 saturated heterocycles. The number of nitro groups is 1. The topological polar surface area (TPSA) is 125 Å². The van der Waals surface area contributed by atoms with Crippen molar-refractivity contribution >= 4 is 41.0 Å². The Kier molecular flexibility index (Phi) is 7.94. The maximum atomic E-state index is 13.1. The lowest BCUT2D eigenvalue weighted by atomic mass is 10.1. The Labute approximate surface area is 194 Å². The summed E-state index contributed by atoms with van der Waals surface area (Å²) in [5, 5.41) is 25.4. The number of amides is 2. The van der Waals surface area contributed by atoms with Crippen LogP contribution in [-0.4, -0.2) is 22.5 Å². The Morgan fingerprint density at radius 1 is 1.03 bits per heavy atom. The minimum Gasteiger partial charge on any atom is -0.321 e. The van der Waals surface area contributed by atoms with E-state index in [2.05, 4.69) is 10.6 Å². The summed E-state index contributed by atoms with van der Waals surface area (Å²) in [5.74, 6) is -0.929. The van der Waals surface area contributed by atoms with Crippen LogP contribution in [0.1, 0.15) is 15.9 Å². The number of rotatable bonds is 8. The number of anilines is 1. The number of thioether (sulfide) groups is 1. The first-order valence-electron chi connectivity index (χ1n) is 9.70. The summed E-state index contributed by atoms with van der Waals surface area (Å²) >= 11 is 1.31.